The van der Waals surface area contributed by atoms with Gasteiger partial charge in [-0.1, -0.05) is 191 Å². The van der Waals surface area contributed by atoms with E-state index in [0.29, 0.717) is 47.3 Å². The fourth-order valence-corrected chi connectivity index (χ4v) is 12.8. The molecule has 0 heterocycles. The molecule has 0 radical (unpaired) electrons. The molecule has 0 aliphatic heterocycles. The molecule has 0 spiro atoms. The Hall–Kier alpha value is -5.45. The Morgan fingerprint density at radius 3 is 0.726 bits per heavy atom. The van der Waals surface area contributed by atoms with E-state index in [1.54, 1.807) is 11.1 Å². The van der Waals surface area contributed by atoms with Crippen LogP contribution in [0, 0.1) is 59.5 Å². The predicted molar refractivity (Wildman–Crippen MR) is 352 cm³/mol. The maximum atomic E-state index is 3.52. The fourth-order valence-electron chi connectivity index (χ4n) is 11.1. The standard InChI is InChI=1S/2C14H23.2C13H9.2C13H10.2ClH.2Zr/c2*1-9(2)12-7-8-13(10(3)4)14(12)11(5)6;2*1-3-7-12-10(5-1)9-11-6-2-4-8-13(11)12;2*1-3-7-12(8-4-1)11-13-9-5-2-6-10-13;;;;/h2*7,9-11,13H,1-6H3;2*1-9H;2*1-10H;2*1H;;/q4*-1;;;;;2*+2/p-2. The first-order valence-electron chi connectivity index (χ1n) is 29.7. The molecule has 2 aliphatic carbocycles. The van der Waals surface area contributed by atoms with Gasteiger partial charge in [-0.05, 0) is 11.8 Å². The monoisotopic (exact) mass is 1290 g/mol. The molecule has 428 valence electrons. The number of benzene rings is 8. The number of fused-ring (bicyclic) bond motifs is 6. The van der Waals surface area contributed by atoms with E-state index in [1.807, 2.05) is 0 Å². The molecule has 0 fully saturated rings. The third-order valence-corrected chi connectivity index (χ3v) is 18.1. The van der Waals surface area contributed by atoms with Gasteiger partial charge in [0.1, 0.15) is 0 Å². The van der Waals surface area contributed by atoms with E-state index in [9.17, 15) is 0 Å². The molecule has 0 aromatic heterocycles. The number of halogens is 2. The van der Waals surface area contributed by atoms with Gasteiger partial charge in [-0.25, -0.2) is 12.2 Å². The van der Waals surface area contributed by atoms with Gasteiger partial charge in [-0.15, -0.1) is 79.5 Å². The van der Waals surface area contributed by atoms with Crippen LogP contribution in [0.2, 0.25) is 0 Å². The average Bonchev–Trinajstić information content (AvgIpc) is 4.54. The van der Waals surface area contributed by atoms with Gasteiger partial charge in [-0.3, -0.25) is 12.2 Å². The molecule has 4 heteroatoms. The summed E-state index contributed by atoms with van der Waals surface area (Å²) in [7, 11) is 0. The van der Waals surface area contributed by atoms with Crippen molar-refractivity contribution in [1.82, 2.24) is 0 Å². The molecule has 0 saturated carbocycles. The van der Waals surface area contributed by atoms with Gasteiger partial charge >= 0.3 is 198 Å². The Morgan fingerprint density at radius 2 is 0.524 bits per heavy atom. The van der Waals surface area contributed by atoms with Gasteiger partial charge < -0.3 is 24.8 Å². The van der Waals surface area contributed by atoms with Crippen LogP contribution in [-0.2, 0) is 48.5 Å². The van der Waals surface area contributed by atoms with Gasteiger partial charge in [0.15, 0.2) is 0 Å². The van der Waals surface area contributed by atoms with E-state index in [4.69, 9.17) is 0 Å². The van der Waals surface area contributed by atoms with Crippen molar-refractivity contribution in [3.8, 4) is 0 Å². The maximum Gasteiger partial charge on any atom is -0.0771 e. The summed E-state index contributed by atoms with van der Waals surface area (Å²) in [6.07, 6.45) is 11.5. The Morgan fingerprint density at radius 1 is 0.310 bits per heavy atom. The van der Waals surface area contributed by atoms with E-state index >= 15 is 0 Å². The molecule has 12 rings (SSSR count). The zero-order valence-corrected chi connectivity index (χ0v) is 57.9. The molecule has 2 unspecified atom stereocenters. The summed E-state index contributed by atoms with van der Waals surface area (Å²) in [5.41, 5.74) is 11.6. The van der Waals surface area contributed by atoms with Crippen LogP contribution in [0.5, 0.6) is 0 Å². The van der Waals surface area contributed by atoms with Crippen LogP contribution in [0.15, 0.2) is 265 Å². The summed E-state index contributed by atoms with van der Waals surface area (Å²) in [6.45, 7) is 27.5. The largest absolute Gasteiger partial charge is 0.126 e. The van der Waals surface area contributed by atoms with Crippen molar-refractivity contribution in [3.05, 3.63) is 299 Å². The van der Waals surface area contributed by atoms with Gasteiger partial charge in [0.05, 0.1) is 0 Å². The van der Waals surface area contributed by atoms with E-state index in [-0.39, 0.29) is 24.8 Å². The molecular weight excluding hydrogens is 1210 g/mol. The van der Waals surface area contributed by atoms with Crippen molar-refractivity contribution in [3.63, 3.8) is 0 Å². The van der Waals surface area contributed by atoms with Crippen molar-refractivity contribution < 1.29 is 73.3 Å². The van der Waals surface area contributed by atoms with Crippen LogP contribution >= 0.6 is 0 Å². The zero-order valence-electron chi connectivity index (χ0n) is 51.5. The Kier molecular flexibility index (Phi) is 28.6. The summed E-state index contributed by atoms with van der Waals surface area (Å²) < 4.78 is 2.83. The number of hydrogen-bond donors (Lipinski definition) is 0. The zero-order chi connectivity index (χ0) is 58.7. The summed E-state index contributed by atoms with van der Waals surface area (Å²) in [4.78, 5) is 0. The minimum absolute atomic E-state index is 0. The van der Waals surface area contributed by atoms with Gasteiger partial charge in [0.25, 0.3) is 0 Å². The summed E-state index contributed by atoms with van der Waals surface area (Å²) >= 11 is 2.92. The number of rotatable bonds is 10. The second-order valence-corrected chi connectivity index (χ2v) is 25.8. The van der Waals surface area contributed by atoms with Gasteiger partial charge in [0.2, 0.25) is 0 Å². The second kappa shape index (κ2) is 34.6. The molecular formula is C80H84Cl2Zr2-2. The molecule has 10 aromatic rings. The molecule has 0 bridgehead atoms. The second-order valence-electron chi connectivity index (χ2n) is 23.4. The molecule has 2 atom stereocenters. The molecule has 0 nitrogen and oxygen atoms in total. The van der Waals surface area contributed by atoms with Crippen LogP contribution in [0.3, 0.4) is 0 Å². The minimum Gasteiger partial charge on any atom is -0.126 e. The van der Waals surface area contributed by atoms with E-state index in [2.05, 4.69) is 338 Å². The molecule has 0 N–H and O–H groups in total. The number of hydrogen-bond acceptors (Lipinski definition) is 0. The van der Waals surface area contributed by atoms with Crippen LogP contribution < -0.4 is 24.8 Å². The van der Waals surface area contributed by atoms with E-state index in [0.717, 1.165) is 0 Å². The Bertz CT molecular complexity index is 3300. The Balaban J connectivity index is 0.000000183. The fraction of sp³-hybridized carbons (Fsp3) is 0.250. The summed E-state index contributed by atoms with van der Waals surface area (Å²) in [6, 6.07) is 80.8. The van der Waals surface area contributed by atoms with Crippen LogP contribution in [0.25, 0.3) is 43.1 Å². The first-order chi connectivity index (χ1) is 39.5. The van der Waals surface area contributed by atoms with Crippen molar-refractivity contribution >= 4 is 49.5 Å². The smallest absolute Gasteiger partial charge is 0.0771 e. The summed E-state index contributed by atoms with van der Waals surface area (Å²) in [5.74, 6) is 5.09. The van der Waals surface area contributed by atoms with E-state index < -0.39 is 0 Å². The first-order valence-corrected chi connectivity index (χ1v) is 32.1. The molecule has 10 aromatic carbocycles. The van der Waals surface area contributed by atoms with Crippen LogP contribution in [-0.4, -0.2) is 6.41 Å². The Labute approximate surface area is 547 Å². The van der Waals surface area contributed by atoms with E-state index in [1.165, 1.54) is 131 Å². The van der Waals surface area contributed by atoms with Crippen LogP contribution in [0.4, 0.5) is 0 Å². The van der Waals surface area contributed by atoms with Crippen molar-refractivity contribution in [1.29, 1.82) is 0 Å². The third kappa shape index (κ3) is 18.8. The SMILES string of the molecule is CC(C)C1=C(C(C)C)C(C(C)C)[C-]=C1.CC(C)C1=C(C(C)C)C(C(C)C)[C-]=C1.[Cl-].[Cl-].[Zr+2]=[C](c1ccccc1)c1ccccc1.[Zr+2]=[C](c1ccccc1)c1ccccc1.c1ccc2c(c1)[cH-]c1ccccc12.c1ccc2c(c1)[cH-]c1ccccc12. The normalized spacial score (nSPS) is 14.1. The maximum absolute atomic E-state index is 3.52. The van der Waals surface area contributed by atoms with Crippen molar-refractivity contribution in [2.45, 2.75) is 83.1 Å². The van der Waals surface area contributed by atoms with Gasteiger partial charge in [-0.2, -0.15) is 22.3 Å². The molecule has 2 aliphatic rings. The van der Waals surface area contributed by atoms with Crippen LogP contribution in [0.1, 0.15) is 105 Å². The topological polar surface area (TPSA) is 0 Å². The molecule has 0 saturated heterocycles. The number of allylic oxidation sites excluding steroid dienone is 8. The minimum atomic E-state index is 0. The third-order valence-electron chi connectivity index (χ3n) is 15.3. The quantitative estimate of drug-likeness (QED) is 0.120. The van der Waals surface area contributed by atoms with Gasteiger partial charge in [0, 0.05) is 0 Å². The molecule has 0 amide bonds. The summed E-state index contributed by atoms with van der Waals surface area (Å²) in [5, 5.41) is 10.8. The van der Waals surface area contributed by atoms with Crippen molar-refractivity contribution in [2.75, 3.05) is 0 Å². The average molecular weight is 1300 g/mol. The van der Waals surface area contributed by atoms with Crippen molar-refractivity contribution in [2.24, 2.45) is 47.3 Å². The first kappa shape index (κ1) is 69.3. The predicted octanol–water partition coefficient (Wildman–Crippen LogP) is 15.5. The molecule has 84 heavy (non-hydrogen) atoms.